The van der Waals surface area contributed by atoms with Gasteiger partial charge in [-0.15, -0.1) is 34.2 Å². The lowest BCUT2D eigenvalue weighted by atomic mass is 9.80. The van der Waals surface area contributed by atoms with Crippen LogP contribution in [0.15, 0.2) is 29.4 Å². The van der Waals surface area contributed by atoms with Gasteiger partial charge in [-0.3, -0.25) is 9.39 Å². The average Bonchev–Trinajstić information content (AvgIpc) is 3.01. The maximum Gasteiger partial charge on any atom is 0.191 e. The lowest BCUT2D eigenvalue weighted by molar-refractivity contribution is 0.255. The van der Waals surface area contributed by atoms with Gasteiger partial charge in [-0.05, 0) is 56.6 Å². The van der Waals surface area contributed by atoms with E-state index in [0.29, 0.717) is 6.04 Å². The predicted octanol–water partition coefficient (Wildman–Crippen LogP) is 3.66. The summed E-state index contributed by atoms with van der Waals surface area (Å²) in [5.41, 5.74) is 0.904. The number of nitrogens with one attached hydrogen (secondary N) is 2. The second-order valence-electron chi connectivity index (χ2n) is 7.67. The quantitative estimate of drug-likeness (QED) is 0.284. The van der Waals surface area contributed by atoms with Gasteiger partial charge >= 0.3 is 0 Å². The van der Waals surface area contributed by atoms with Crippen LogP contribution in [0.5, 0.6) is 0 Å². The molecule has 0 amide bonds. The highest BCUT2D eigenvalue weighted by atomic mass is 127. The number of fused-ring (bicyclic) bond motifs is 1. The molecular formula is C20H33IN6. The number of hydrogen-bond acceptors (Lipinski definition) is 3. The van der Waals surface area contributed by atoms with Crippen molar-refractivity contribution in [2.75, 3.05) is 13.1 Å². The molecule has 0 radical (unpaired) electrons. The van der Waals surface area contributed by atoms with Gasteiger partial charge < -0.3 is 10.6 Å². The van der Waals surface area contributed by atoms with Crippen molar-refractivity contribution in [3.8, 4) is 0 Å². The molecule has 150 valence electrons. The highest BCUT2D eigenvalue weighted by Gasteiger charge is 2.24. The molecule has 1 aliphatic rings. The number of aryl methyl sites for hydroxylation is 1. The van der Waals surface area contributed by atoms with Crippen LogP contribution in [0.25, 0.3) is 5.65 Å². The van der Waals surface area contributed by atoms with Crippen molar-refractivity contribution in [3.05, 3.63) is 30.2 Å². The minimum atomic E-state index is 0. The number of aliphatic imine (C=N–C) groups is 1. The summed E-state index contributed by atoms with van der Waals surface area (Å²) in [4.78, 5) is 4.77. The molecule has 1 aliphatic carbocycles. The second kappa shape index (κ2) is 10.8. The van der Waals surface area contributed by atoms with Crippen LogP contribution in [0.3, 0.4) is 0 Å². The normalized spacial score (nSPS) is 23.1. The molecular weight excluding hydrogens is 451 g/mol. The Balaban J connectivity index is 0.00000261. The van der Waals surface area contributed by atoms with Gasteiger partial charge in [0.25, 0.3) is 0 Å². The number of aromatic nitrogens is 3. The van der Waals surface area contributed by atoms with Crippen LogP contribution in [0.4, 0.5) is 0 Å². The van der Waals surface area contributed by atoms with Crippen molar-refractivity contribution in [2.45, 2.75) is 58.9 Å². The summed E-state index contributed by atoms with van der Waals surface area (Å²) in [7, 11) is 0. The number of halogens is 1. The van der Waals surface area contributed by atoms with E-state index in [1.165, 1.54) is 19.3 Å². The van der Waals surface area contributed by atoms with Crippen LogP contribution >= 0.6 is 24.0 Å². The van der Waals surface area contributed by atoms with Crippen LogP contribution in [-0.2, 0) is 6.42 Å². The number of hydrogen-bond donors (Lipinski definition) is 2. The zero-order valence-corrected chi connectivity index (χ0v) is 19.0. The van der Waals surface area contributed by atoms with Crippen molar-refractivity contribution < 1.29 is 0 Å². The highest BCUT2D eigenvalue weighted by molar-refractivity contribution is 14.0. The summed E-state index contributed by atoms with van der Waals surface area (Å²) in [5, 5.41) is 15.5. The maximum atomic E-state index is 4.77. The first-order valence-electron chi connectivity index (χ1n) is 9.99. The van der Waals surface area contributed by atoms with Gasteiger partial charge in [-0.25, -0.2) is 0 Å². The Bertz CT molecular complexity index is 718. The number of guanidine groups is 1. The molecule has 3 rings (SSSR count). The Labute approximate surface area is 179 Å². The van der Waals surface area contributed by atoms with E-state index in [0.717, 1.165) is 55.2 Å². The molecule has 2 aromatic rings. The Morgan fingerprint density at radius 1 is 1.19 bits per heavy atom. The van der Waals surface area contributed by atoms with Gasteiger partial charge in [0.1, 0.15) is 5.82 Å². The van der Waals surface area contributed by atoms with E-state index in [-0.39, 0.29) is 24.0 Å². The molecule has 6 nitrogen and oxygen atoms in total. The topological polar surface area (TPSA) is 66.6 Å². The summed E-state index contributed by atoms with van der Waals surface area (Å²) in [6.45, 7) is 8.51. The van der Waals surface area contributed by atoms with Crippen molar-refractivity contribution >= 4 is 35.6 Å². The van der Waals surface area contributed by atoms with Crippen LogP contribution in [0, 0.1) is 11.8 Å². The van der Waals surface area contributed by atoms with Crippen LogP contribution in [0.2, 0.25) is 0 Å². The molecule has 1 saturated carbocycles. The zero-order chi connectivity index (χ0) is 18.4. The van der Waals surface area contributed by atoms with Crippen molar-refractivity contribution in [3.63, 3.8) is 0 Å². The molecule has 2 N–H and O–H groups in total. The predicted molar refractivity (Wildman–Crippen MR) is 122 cm³/mol. The smallest absolute Gasteiger partial charge is 0.191 e. The molecule has 2 aromatic heterocycles. The first-order chi connectivity index (χ1) is 12.7. The van der Waals surface area contributed by atoms with Gasteiger partial charge in [-0.1, -0.05) is 19.9 Å². The first-order valence-corrected chi connectivity index (χ1v) is 9.99. The molecule has 2 unspecified atom stereocenters. The molecule has 1 fully saturated rings. The second-order valence-corrected chi connectivity index (χ2v) is 7.67. The highest BCUT2D eigenvalue weighted by Crippen LogP contribution is 2.28. The standard InChI is InChI=1S/C20H32N6.HI/c1-4-21-20(23-17-13-15(2)12-16(3)14-17)22-10-7-9-19-25-24-18-8-5-6-11-26(18)19;/h5-6,8,11,15-17H,4,7,9-10,12-14H2,1-3H3,(H2,21,22,23);1H. The first kappa shape index (κ1) is 21.9. The van der Waals surface area contributed by atoms with E-state index < -0.39 is 0 Å². The number of pyridine rings is 1. The van der Waals surface area contributed by atoms with Crippen LogP contribution in [-0.4, -0.2) is 39.7 Å². The van der Waals surface area contributed by atoms with E-state index in [1.807, 2.05) is 24.4 Å². The van der Waals surface area contributed by atoms with Crippen LogP contribution < -0.4 is 10.6 Å². The minimum Gasteiger partial charge on any atom is -0.357 e. The third-order valence-electron chi connectivity index (χ3n) is 5.08. The summed E-state index contributed by atoms with van der Waals surface area (Å²) in [6.07, 6.45) is 7.68. The van der Waals surface area contributed by atoms with E-state index in [4.69, 9.17) is 4.99 Å². The lowest BCUT2D eigenvalue weighted by Crippen LogP contribution is -2.46. The molecule has 0 spiro atoms. The Morgan fingerprint density at radius 3 is 2.70 bits per heavy atom. The average molecular weight is 484 g/mol. The molecule has 7 heteroatoms. The SMILES string of the molecule is CCNC(=NCCCc1nnc2ccccn12)NC1CC(C)CC(C)C1.I. The molecule has 27 heavy (non-hydrogen) atoms. The summed E-state index contributed by atoms with van der Waals surface area (Å²) < 4.78 is 2.05. The fraction of sp³-hybridized carbons (Fsp3) is 0.650. The summed E-state index contributed by atoms with van der Waals surface area (Å²) >= 11 is 0. The summed E-state index contributed by atoms with van der Waals surface area (Å²) in [6, 6.07) is 6.51. The lowest BCUT2D eigenvalue weighted by Gasteiger charge is -2.32. The van der Waals surface area contributed by atoms with Gasteiger partial charge in [0, 0.05) is 31.7 Å². The summed E-state index contributed by atoms with van der Waals surface area (Å²) in [5.74, 6) is 3.54. The minimum absolute atomic E-state index is 0. The van der Waals surface area contributed by atoms with Crippen molar-refractivity contribution in [1.29, 1.82) is 0 Å². The monoisotopic (exact) mass is 484 g/mol. The molecule has 0 bridgehead atoms. The van der Waals surface area contributed by atoms with Crippen LogP contribution in [0.1, 0.15) is 52.3 Å². The number of nitrogens with zero attached hydrogens (tertiary/aromatic N) is 4. The fourth-order valence-corrected chi connectivity index (χ4v) is 4.07. The molecule has 0 saturated heterocycles. The van der Waals surface area contributed by atoms with Gasteiger partial charge in [-0.2, -0.15) is 0 Å². The Morgan fingerprint density at radius 2 is 1.96 bits per heavy atom. The molecule has 2 atom stereocenters. The maximum absolute atomic E-state index is 4.77. The van der Waals surface area contributed by atoms with E-state index in [2.05, 4.69) is 46.0 Å². The van der Waals surface area contributed by atoms with Gasteiger partial charge in [0.15, 0.2) is 11.6 Å². The molecule has 0 aromatic carbocycles. The molecule has 2 heterocycles. The van der Waals surface area contributed by atoms with Gasteiger partial charge in [0.2, 0.25) is 0 Å². The zero-order valence-electron chi connectivity index (χ0n) is 16.7. The van der Waals surface area contributed by atoms with E-state index in [9.17, 15) is 0 Å². The van der Waals surface area contributed by atoms with Crippen molar-refractivity contribution in [2.24, 2.45) is 16.8 Å². The molecule has 0 aliphatic heterocycles. The third kappa shape index (κ3) is 6.33. The van der Waals surface area contributed by atoms with E-state index >= 15 is 0 Å². The fourth-order valence-electron chi connectivity index (χ4n) is 4.07. The Hall–Kier alpha value is -1.38. The largest absolute Gasteiger partial charge is 0.357 e. The third-order valence-corrected chi connectivity index (χ3v) is 5.08. The van der Waals surface area contributed by atoms with Gasteiger partial charge in [0.05, 0.1) is 0 Å². The Kier molecular flexibility index (Phi) is 8.79. The van der Waals surface area contributed by atoms with Crippen molar-refractivity contribution in [1.82, 2.24) is 25.2 Å². The van der Waals surface area contributed by atoms with E-state index in [1.54, 1.807) is 0 Å². The number of rotatable bonds is 6.